The Morgan fingerprint density at radius 1 is 1.55 bits per heavy atom. The number of rotatable bonds is 5. The van der Waals surface area contributed by atoms with Crippen LogP contribution in [0, 0.1) is 12.8 Å². The topological polar surface area (TPSA) is 67.6 Å². The Kier molecular flexibility index (Phi) is 4.65. The van der Waals surface area contributed by atoms with Crippen molar-refractivity contribution in [1.29, 1.82) is 0 Å². The third kappa shape index (κ3) is 3.30. The number of aryl methyl sites for hydroxylation is 2. The fourth-order valence-corrected chi connectivity index (χ4v) is 3.05. The summed E-state index contributed by atoms with van der Waals surface area (Å²) in [6, 6.07) is 0. The molecule has 6 nitrogen and oxygen atoms in total. The van der Waals surface area contributed by atoms with Gasteiger partial charge in [-0.3, -0.25) is 9.69 Å². The van der Waals surface area contributed by atoms with E-state index in [1.54, 1.807) is 11.8 Å². The highest BCUT2D eigenvalue weighted by Crippen LogP contribution is 2.26. The van der Waals surface area contributed by atoms with E-state index >= 15 is 0 Å². The fraction of sp³-hybridized carbons (Fsp3) is 0.714. The van der Waals surface area contributed by atoms with Crippen LogP contribution in [-0.2, 0) is 18.4 Å². The van der Waals surface area contributed by atoms with Crippen molar-refractivity contribution in [2.75, 3.05) is 20.2 Å². The highest BCUT2D eigenvalue weighted by Gasteiger charge is 2.24. The van der Waals surface area contributed by atoms with Gasteiger partial charge in [-0.25, -0.2) is 4.68 Å². The molecule has 1 aromatic rings. The van der Waals surface area contributed by atoms with Crippen LogP contribution in [0.25, 0.3) is 0 Å². The first-order chi connectivity index (χ1) is 9.51. The largest absolute Gasteiger partial charge is 0.481 e. The minimum atomic E-state index is -0.702. The molecule has 1 aliphatic heterocycles. The Balaban J connectivity index is 2.04. The summed E-state index contributed by atoms with van der Waals surface area (Å²) in [5, 5.41) is 13.3. The van der Waals surface area contributed by atoms with Gasteiger partial charge in [0.1, 0.15) is 0 Å². The van der Waals surface area contributed by atoms with E-state index in [0.29, 0.717) is 0 Å². The van der Waals surface area contributed by atoms with Crippen molar-refractivity contribution >= 4 is 5.97 Å². The third-order valence-corrected chi connectivity index (χ3v) is 3.93. The maximum atomic E-state index is 10.8. The van der Waals surface area contributed by atoms with Crippen LogP contribution in [0.2, 0.25) is 0 Å². The van der Waals surface area contributed by atoms with Crippen LogP contribution >= 0.6 is 0 Å². The van der Waals surface area contributed by atoms with Crippen molar-refractivity contribution in [2.45, 2.75) is 32.7 Å². The lowest BCUT2D eigenvalue weighted by Crippen LogP contribution is -2.35. The van der Waals surface area contributed by atoms with Gasteiger partial charge in [-0.1, -0.05) is 0 Å². The second-order valence-electron chi connectivity index (χ2n) is 5.54. The first-order valence-corrected chi connectivity index (χ1v) is 7.02. The van der Waals surface area contributed by atoms with Crippen LogP contribution in [0.3, 0.4) is 0 Å². The number of likely N-dealkylation sites (tertiary alicyclic amines) is 1. The van der Waals surface area contributed by atoms with Crippen LogP contribution in [-0.4, -0.2) is 46.0 Å². The van der Waals surface area contributed by atoms with E-state index in [1.807, 2.05) is 14.0 Å². The summed E-state index contributed by atoms with van der Waals surface area (Å²) in [5.74, 6) is 0.346. The molecule has 6 heteroatoms. The molecular weight excluding hydrogens is 258 g/mol. The van der Waals surface area contributed by atoms with E-state index in [-0.39, 0.29) is 12.3 Å². The molecule has 2 heterocycles. The molecule has 1 aromatic heterocycles. The van der Waals surface area contributed by atoms with Crippen molar-refractivity contribution in [3.8, 4) is 5.88 Å². The Bertz CT molecular complexity index is 484. The molecule has 1 N–H and O–H groups in total. The lowest BCUT2D eigenvalue weighted by molar-refractivity contribution is -0.138. The summed E-state index contributed by atoms with van der Waals surface area (Å²) >= 11 is 0. The van der Waals surface area contributed by atoms with Gasteiger partial charge < -0.3 is 9.84 Å². The Labute approximate surface area is 119 Å². The smallest absolute Gasteiger partial charge is 0.303 e. The number of carbonyl (C=O) groups is 1. The van der Waals surface area contributed by atoms with E-state index < -0.39 is 5.97 Å². The van der Waals surface area contributed by atoms with E-state index in [2.05, 4.69) is 10.00 Å². The van der Waals surface area contributed by atoms with Gasteiger partial charge in [-0.15, -0.1) is 0 Å². The second kappa shape index (κ2) is 6.26. The monoisotopic (exact) mass is 281 g/mol. The molecule has 1 fully saturated rings. The normalized spacial score (nSPS) is 20.1. The number of nitrogens with zero attached hydrogens (tertiary/aromatic N) is 3. The quantitative estimate of drug-likeness (QED) is 0.884. The molecule has 0 amide bonds. The zero-order chi connectivity index (χ0) is 14.7. The maximum Gasteiger partial charge on any atom is 0.303 e. The number of carboxylic acids is 1. The molecule has 2 rings (SSSR count). The number of piperidine rings is 1. The molecule has 0 radical (unpaired) electrons. The summed E-state index contributed by atoms with van der Waals surface area (Å²) < 4.78 is 7.16. The summed E-state index contributed by atoms with van der Waals surface area (Å²) in [7, 11) is 3.53. The van der Waals surface area contributed by atoms with Gasteiger partial charge in [0.05, 0.1) is 18.4 Å². The summed E-state index contributed by atoms with van der Waals surface area (Å²) in [5.41, 5.74) is 2.08. The molecule has 0 aliphatic carbocycles. The lowest BCUT2D eigenvalue weighted by atomic mass is 9.94. The number of hydrogen-bond donors (Lipinski definition) is 1. The van der Waals surface area contributed by atoms with Gasteiger partial charge in [-0.05, 0) is 32.2 Å². The molecule has 20 heavy (non-hydrogen) atoms. The average Bonchev–Trinajstić information content (AvgIpc) is 2.63. The zero-order valence-electron chi connectivity index (χ0n) is 12.4. The predicted molar refractivity (Wildman–Crippen MR) is 74.8 cm³/mol. The number of hydrogen-bond acceptors (Lipinski definition) is 4. The molecule has 1 unspecified atom stereocenters. The fourth-order valence-electron chi connectivity index (χ4n) is 3.05. The molecule has 1 aliphatic rings. The summed E-state index contributed by atoms with van der Waals surface area (Å²) in [6.45, 7) is 4.60. The van der Waals surface area contributed by atoms with Crippen LogP contribution in [0.4, 0.5) is 0 Å². The number of carboxylic acid groups (broad SMARTS) is 1. The van der Waals surface area contributed by atoms with Gasteiger partial charge >= 0.3 is 5.97 Å². The van der Waals surface area contributed by atoms with Crippen LogP contribution < -0.4 is 4.74 Å². The van der Waals surface area contributed by atoms with Gasteiger partial charge in [0.25, 0.3) is 0 Å². The molecule has 1 saturated heterocycles. The molecular formula is C14H23N3O3. The van der Waals surface area contributed by atoms with Crippen molar-refractivity contribution < 1.29 is 14.6 Å². The Morgan fingerprint density at radius 2 is 2.30 bits per heavy atom. The molecule has 0 aromatic carbocycles. The molecule has 0 saturated carbocycles. The SMILES string of the molecule is COc1c(CN2CCCC(CC(=O)O)C2)c(C)nn1C. The van der Waals surface area contributed by atoms with Crippen molar-refractivity contribution in [3.63, 3.8) is 0 Å². The second-order valence-corrected chi connectivity index (χ2v) is 5.54. The molecule has 1 atom stereocenters. The van der Waals surface area contributed by atoms with Crippen molar-refractivity contribution in [3.05, 3.63) is 11.3 Å². The first-order valence-electron chi connectivity index (χ1n) is 7.02. The average molecular weight is 281 g/mol. The number of ether oxygens (including phenoxy) is 1. The Hall–Kier alpha value is -1.56. The third-order valence-electron chi connectivity index (χ3n) is 3.93. The number of aliphatic carboxylic acids is 1. The first kappa shape index (κ1) is 14.8. The standard InChI is InChI=1S/C14H23N3O3/c1-10-12(14(20-3)16(2)15-10)9-17-6-4-5-11(8-17)7-13(18)19/h11H,4-9H2,1-3H3,(H,18,19). The number of aromatic nitrogens is 2. The Morgan fingerprint density at radius 3 is 2.95 bits per heavy atom. The number of methoxy groups -OCH3 is 1. The van der Waals surface area contributed by atoms with Crippen molar-refractivity contribution in [2.24, 2.45) is 13.0 Å². The van der Waals surface area contributed by atoms with E-state index in [1.165, 1.54) is 0 Å². The summed E-state index contributed by atoms with van der Waals surface area (Å²) in [4.78, 5) is 13.1. The highest BCUT2D eigenvalue weighted by molar-refractivity contribution is 5.67. The molecule has 0 spiro atoms. The van der Waals surface area contributed by atoms with Crippen LogP contribution in [0.15, 0.2) is 0 Å². The molecule has 0 bridgehead atoms. The zero-order valence-corrected chi connectivity index (χ0v) is 12.4. The van der Waals surface area contributed by atoms with Gasteiger partial charge in [-0.2, -0.15) is 5.10 Å². The minimum Gasteiger partial charge on any atom is -0.481 e. The van der Waals surface area contributed by atoms with Gasteiger partial charge in [0.15, 0.2) is 0 Å². The van der Waals surface area contributed by atoms with E-state index in [4.69, 9.17) is 9.84 Å². The predicted octanol–water partition coefficient (Wildman–Crippen LogP) is 1.42. The lowest BCUT2D eigenvalue weighted by Gasteiger charge is -2.32. The van der Waals surface area contributed by atoms with E-state index in [9.17, 15) is 4.79 Å². The van der Waals surface area contributed by atoms with Crippen molar-refractivity contribution in [1.82, 2.24) is 14.7 Å². The molecule has 112 valence electrons. The summed E-state index contributed by atoms with van der Waals surface area (Å²) in [6.07, 6.45) is 2.32. The maximum absolute atomic E-state index is 10.8. The highest BCUT2D eigenvalue weighted by atomic mass is 16.5. The van der Waals surface area contributed by atoms with Crippen LogP contribution in [0.1, 0.15) is 30.5 Å². The van der Waals surface area contributed by atoms with Crippen LogP contribution in [0.5, 0.6) is 5.88 Å². The minimum absolute atomic E-state index is 0.254. The van der Waals surface area contributed by atoms with Gasteiger partial charge in [0.2, 0.25) is 5.88 Å². The van der Waals surface area contributed by atoms with Gasteiger partial charge in [0, 0.05) is 26.6 Å². The van der Waals surface area contributed by atoms with E-state index in [0.717, 1.165) is 49.6 Å².